The molecule has 0 aliphatic rings. The van der Waals surface area contributed by atoms with Gasteiger partial charge in [-0.1, -0.05) is 30.0 Å². The smallest absolute Gasteiger partial charge is 0.180 e. The van der Waals surface area contributed by atoms with Crippen LogP contribution < -0.4 is 0 Å². The predicted molar refractivity (Wildman–Crippen MR) is 67.6 cm³/mol. The number of pyridine rings is 1. The van der Waals surface area contributed by atoms with Crippen LogP contribution in [0.1, 0.15) is 28.8 Å². The minimum atomic E-state index is 0.0632. The molecule has 17 heavy (non-hydrogen) atoms. The summed E-state index contributed by atoms with van der Waals surface area (Å²) in [4.78, 5) is 16.5. The van der Waals surface area contributed by atoms with Crippen LogP contribution in [0.15, 0.2) is 27.6 Å². The van der Waals surface area contributed by atoms with E-state index in [9.17, 15) is 4.79 Å². The monoisotopic (exact) mass is 265 g/mol. The molecule has 6 heteroatoms. The molecule has 2 heterocycles. The highest BCUT2D eigenvalue weighted by Gasteiger charge is 2.06. The van der Waals surface area contributed by atoms with Gasteiger partial charge >= 0.3 is 0 Å². The number of hydrogen-bond acceptors (Lipinski definition) is 6. The number of carbonyl (C=O) groups excluding carboxylic acids is 1. The van der Waals surface area contributed by atoms with Crippen LogP contribution >= 0.6 is 23.1 Å². The Hall–Kier alpha value is -1.27. The first-order valence-corrected chi connectivity index (χ1v) is 6.79. The van der Waals surface area contributed by atoms with E-state index in [1.807, 2.05) is 19.9 Å². The first kappa shape index (κ1) is 12.2. The van der Waals surface area contributed by atoms with E-state index >= 15 is 0 Å². The average Bonchev–Trinajstić information content (AvgIpc) is 2.75. The van der Waals surface area contributed by atoms with Crippen molar-refractivity contribution < 1.29 is 4.79 Å². The quantitative estimate of drug-likeness (QED) is 0.795. The van der Waals surface area contributed by atoms with Gasteiger partial charge < -0.3 is 0 Å². The second-order valence-corrected chi connectivity index (χ2v) is 5.85. The van der Waals surface area contributed by atoms with Gasteiger partial charge in [0.25, 0.3) is 0 Å². The molecule has 0 bridgehead atoms. The van der Waals surface area contributed by atoms with Crippen LogP contribution in [0.25, 0.3) is 0 Å². The number of Topliss-reactive ketones (excluding diaryl/α,β-unsaturated/α-hetero) is 1. The summed E-state index contributed by atoms with van der Waals surface area (Å²) >= 11 is 3.05. The van der Waals surface area contributed by atoms with Crippen LogP contribution in [-0.4, -0.2) is 21.0 Å². The average molecular weight is 265 g/mol. The second-order valence-electron chi connectivity index (χ2n) is 3.34. The van der Waals surface area contributed by atoms with Gasteiger partial charge in [-0.15, -0.1) is 10.2 Å². The van der Waals surface area contributed by atoms with E-state index in [2.05, 4.69) is 15.2 Å². The lowest BCUT2D eigenvalue weighted by molar-refractivity contribution is 0.0983. The van der Waals surface area contributed by atoms with Crippen molar-refractivity contribution in [3.8, 4) is 0 Å². The Morgan fingerprint density at radius 1 is 1.41 bits per heavy atom. The number of hydrogen-bond donors (Lipinski definition) is 0. The van der Waals surface area contributed by atoms with E-state index < -0.39 is 0 Å². The lowest BCUT2D eigenvalue weighted by Crippen LogP contribution is -1.99. The lowest BCUT2D eigenvalue weighted by atomic mass is 10.2. The summed E-state index contributed by atoms with van der Waals surface area (Å²) < 4.78 is 0.888. The summed E-state index contributed by atoms with van der Waals surface area (Å²) in [6.45, 7) is 3.75. The molecular formula is C11H11N3OS2. The summed E-state index contributed by atoms with van der Waals surface area (Å²) in [5.74, 6) is 0.0632. The van der Waals surface area contributed by atoms with Gasteiger partial charge in [0.1, 0.15) is 10.7 Å². The van der Waals surface area contributed by atoms with Crippen LogP contribution in [0, 0.1) is 6.92 Å². The molecule has 88 valence electrons. The maximum atomic E-state index is 11.4. The summed E-state index contributed by atoms with van der Waals surface area (Å²) in [6.07, 6.45) is 2.18. The van der Waals surface area contributed by atoms with Gasteiger partial charge in [-0.05, 0) is 19.1 Å². The van der Waals surface area contributed by atoms with Crippen molar-refractivity contribution in [2.75, 3.05) is 0 Å². The third kappa shape index (κ3) is 3.10. The molecule has 0 amide bonds. The standard InChI is InChI=1S/C11H11N3OS2/c1-3-10(15)9-5-4-8(6-12-9)17-11-14-13-7(2)16-11/h4-6H,3H2,1-2H3. The third-order valence-corrected chi connectivity index (χ3v) is 3.92. The van der Waals surface area contributed by atoms with Gasteiger partial charge in [0.15, 0.2) is 10.1 Å². The Balaban J connectivity index is 2.10. The fourth-order valence-corrected chi connectivity index (χ4v) is 2.97. The van der Waals surface area contributed by atoms with Crippen molar-refractivity contribution in [2.24, 2.45) is 0 Å². The number of aromatic nitrogens is 3. The van der Waals surface area contributed by atoms with E-state index in [1.54, 1.807) is 23.6 Å². The molecule has 0 unspecified atom stereocenters. The van der Waals surface area contributed by atoms with E-state index in [-0.39, 0.29) is 5.78 Å². The summed E-state index contributed by atoms with van der Waals surface area (Å²) in [7, 11) is 0. The zero-order chi connectivity index (χ0) is 12.3. The zero-order valence-electron chi connectivity index (χ0n) is 9.51. The lowest BCUT2D eigenvalue weighted by Gasteiger charge is -1.99. The summed E-state index contributed by atoms with van der Waals surface area (Å²) in [5, 5.41) is 8.91. The second kappa shape index (κ2) is 5.37. The molecular weight excluding hydrogens is 254 g/mol. The molecule has 2 rings (SSSR count). The van der Waals surface area contributed by atoms with Gasteiger partial charge in [-0.2, -0.15) is 0 Å². The number of rotatable bonds is 4. The van der Waals surface area contributed by atoms with Gasteiger partial charge in [-0.3, -0.25) is 9.78 Å². The van der Waals surface area contributed by atoms with E-state index in [1.165, 1.54) is 11.8 Å². The van der Waals surface area contributed by atoms with Gasteiger partial charge in [-0.25, -0.2) is 0 Å². The molecule has 0 aromatic carbocycles. The van der Waals surface area contributed by atoms with Crippen LogP contribution in [0.3, 0.4) is 0 Å². The molecule has 0 spiro atoms. The fourth-order valence-electron chi connectivity index (χ4n) is 1.21. The molecule has 0 aliphatic heterocycles. The molecule has 0 aliphatic carbocycles. The van der Waals surface area contributed by atoms with Crippen LogP contribution in [0.2, 0.25) is 0 Å². The Bertz CT molecular complexity index is 522. The SMILES string of the molecule is CCC(=O)c1ccc(Sc2nnc(C)s2)cn1. The molecule has 4 nitrogen and oxygen atoms in total. The fraction of sp³-hybridized carbons (Fsp3) is 0.273. The Morgan fingerprint density at radius 3 is 2.76 bits per heavy atom. The number of ketones is 1. The van der Waals surface area contributed by atoms with Gasteiger partial charge in [0, 0.05) is 17.5 Å². The Kier molecular flexibility index (Phi) is 3.86. The third-order valence-electron chi connectivity index (χ3n) is 2.06. The maximum Gasteiger partial charge on any atom is 0.180 e. The van der Waals surface area contributed by atoms with Crippen LogP contribution in [0.5, 0.6) is 0 Å². The highest BCUT2D eigenvalue weighted by molar-refractivity contribution is 8.01. The topological polar surface area (TPSA) is 55.7 Å². The molecule has 0 fully saturated rings. The van der Waals surface area contributed by atoms with Crippen LogP contribution in [-0.2, 0) is 0 Å². The molecule has 2 aromatic heterocycles. The summed E-state index contributed by atoms with van der Waals surface area (Å²) in [6, 6.07) is 3.64. The zero-order valence-corrected chi connectivity index (χ0v) is 11.1. The van der Waals surface area contributed by atoms with Gasteiger partial charge in [0.2, 0.25) is 0 Å². The van der Waals surface area contributed by atoms with E-state index in [0.717, 1.165) is 14.2 Å². The number of aryl methyl sites for hydroxylation is 1. The Morgan fingerprint density at radius 2 is 2.24 bits per heavy atom. The maximum absolute atomic E-state index is 11.4. The number of nitrogens with zero attached hydrogens (tertiary/aromatic N) is 3. The molecule has 0 radical (unpaired) electrons. The van der Waals surface area contributed by atoms with Crippen molar-refractivity contribution in [1.29, 1.82) is 0 Å². The van der Waals surface area contributed by atoms with Crippen molar-refractivity contribution in [3.05, 3.63) is 29.0 Å². The van der Waals surface area contributed by atoms with Crippen LogP contribution in [0.4, 0.5) is 0 Å². The molecule has 2 aromatic rings. The highest BCUT2D eigenvalue weighted by Crippen LogP contribution is 2.29. The largest absolute Gasteiger partial charge is 0.292 e. The normalized spacial score (nSPS) is 10.5. The van der Waals surface area contributed by atoms with Crippen molar-refractivity contribution in [1.82, 2.24) is 15.2 Å². The first-order valence-electron chi connectivity index (χ1n) is 5.16. The van der Waals surface area contributed by atoms with E-state index in [0.29, 0.717) is 12.1 Å². The van der Waals surface area contributed by atoms with Crippen molar-refractivity contribution >= 4 is 28.9 Å². The van der Waals surface area contributed by atoms with Gasteiger partial charge in [0.05, 0.1) is 0 Å². The molecule has 0 saturated carbocycles. The highest BCUT2D eigenvalue weighted by atomic mass is 32.2. The predicted octanol–water partition coefficient (Wildman–Crippen LogP) is 2.99. The van der Waals surface area contributed by atoms with Crippen molar-refractivity contribution in [2.45, 2.75) is 29.5 Å². The molecule has 0 saturated heterocycles. The minimum Gasteiger partial charge on any atom is -0.292 e. The summed E-state index contributed by atoms with van der Waals surface area (Å²) in [5.41, 5.74) is 0.519. The minimum absolute atomic E-state index is 0.0632. The molecule has 0 N–H and O–H groups in total. The first-order chi connectivity index (χ1) is 8.19. The van der Waals surface area contributed by atoms with Crippen molar-refractivity contribution in [3.63, 3.8) is 0 Å². The Labute approximate surface area is 108 Å². The van der Waals surface area contributed by atoms with E-state index in [4.69, 9.17) is 0 Å². The molecule has 0 atom stereocenters. The number of carbonyl (C=O) groups is 1.